The zero-order valence-corrected chi connectivity index (χ0v) is 17.4. The third-order valence-electron chi connectivity index (χ3n) is 5.61. The highest BCUT2D eigenvalue weighted by Crippen LogP contribution is 2.37. The number of benzene rings is 2. The Balaban J connectivity index is 1.56. The molecular formula is C22H26N2O4S. The van der Waals surface area contributed by atoms with E-state index < -0.39 is 10.0 Å². The first kappa shape index (κ1) is 19.9. The Morgan fingerprint density at radius 1 is 1.00 bits per heavy atom. The van der Waals surface area contributed by atoms with Crippen LogP contribution in [0.1, 0.15) is 44.2 Å². The summed E-state index contributed by atoms with van der Waals surface area (Å²) in [5, 5.41) is 0. The Labute approximate surface area is 172 Å². The van der Waals surface area contributed by atoms with Gasteiger partial charge in [-0.1, -0.05) is 12.1 Å². The third kappa shape index (κ3) is 3.89. The van der Waals surface area contributed by atoms with Crippen LogP contribution in [0.2, 0.25) is 0 Å². The number of hydrogen-bond acceptors (Lipinski definition) is 4. The summed E-state index contributed by atoms with van der Waals surface area (Å²) in [6.45, 7) is 3.73. The molecule has 2 aromatic carbocycles. The molecule has 0 radical (unpaired) electrons. The zero-order valence-electron chi connectivity index (χ0n) is 16.6. The second-order valence-corrected chi connectivity index (χ2v) is 9.31. The van der Waals surface area contributed by atoms with Crippen LogP contribution in [0.4, 0.5) is 5.69 Å². The van der Waals surface area contributed by atoms with E-state index in [9.17, 15) is 13.2 Å². The van der Waals surface area contributed by atoms with Gasteiger partial charge in [0.15, 0.2) is 0 Å². The molecule has 4 rings (SSSR count). The molecule has 0 aliphatic carbocycles. The molecule has 29 heavy (non-hydrogen) atoms. The van der Waals surface area contributed by atoms with Gasteiger partial charge in [0.05, 0.1) is 17.5 Å². The van der Waals surface area contributed by atoms with Crippen molar-refractivity contribution in [3.63, 3.8) is 0 Å². The summed E-state index contributed by atoms with van der Waals surface area (Å²) in [4.78, 5) is 13.9. The van der Waals surface area contributed by atoms with Crippen LogP contribution in [-0.2, 0) is 14.8 Å². The van der Waals surface area contributed by atoms with Gasteiger partial charge < -0.3 is 9.64 Å². The maximum Gasteiger partial charge on any atom is 0.243 e. The Morgan fingerprint density at radius 3 is 2.34 bits per heavy atom. The minimum atomic E-state index is -3.61. The number of anilines is 1. The lowest BCUT2D eigenvalue weighted by Crippen LogP contribution is -2.30. The molecule has 2 saturated heterocycles. The van der Waals surface area contributed by atoms with Crippen LogP contribution < -0.4 is 9.64 Å². The molecule has 0 unspecified atom stereocenters. The fourth-order valence-electron chi connectivity index (χ4n) is 4.17. The molecule has 2 aliphatic rings. The molecule has 6 nitrogen and oxygen atoms in total. The monoisotopic (exact) mass is 414 g/mol. The van der Waals surface area contributed by atoms with Gasteiger partial charge in [-0.05, 0) is 68.1 Å². The van der Waals surface area contributed by atoms with E-state index in [4.69, 9.17) is 4.74 Å². The van der Waals surface area contributed by atoms with E-state index in [0.717, 1.165) is 36.3 Å². The molecule has 0 aromatic heterocycles. The van der Waals surface area contributed by atoms with Crippen LogP contribution in [0.25, 0.3) is 0 Å². The molecule has 2 fully saturated rings. The van der Waals surface area contributed by atoms with E-state index in [2.05, 4.69) is 0 Å². The summed E-state index contributed by atoms with van der Waals surface area (Å²) in [6, 6.07) is 14.2. The zero-order chi connectivity index (χ0) is 20.4. The molecule has 7 heteroatoms. The Hall–Kier alpha value is -2.38. The summed E-state index contributed by atoms with van der Waals surface area (Å²) in [6.07, 6.45) is 3.03. The number of amides is 1. The molecule has 154 valence electrons. The van der Waals surface area contributed by atoms with Crippen LogP contribution in [0, 0.1) is 0 Å². The van der Waals surface area contributed by atoms with Crippen molar-refractivity contribution >= 4 is 21.6 Å². The summed E-state index contributed by atoms with van der Waals surface area (Å²) in [5.74, 6) is 0.881. The molecule has 0 N–H and O–H groups in total. The maximum atomic E-state index is 13.3. The highest BCUT2D eigenvalue weighted by Gasteiger charge is 2.36. The SMILES string of the molecule is CCOc1ccc([C@@H]2CCCN2S(=O)(=O)c2ccc(N3CCCC3=O)cc2)cc1. The topological polar surface area (TPSA) is 66.9 Å². The van der Waals surface area contributed by atoms with Gasteiger partial charge in [0.1, 0.15) is 5.75 Å². The van der Waals surface area contributed by atoms with Crippen molar-refractivity contribution in [2.45, 2.75) is 43.5 Å². The van der Waals surface area contributed by atoms with Crippen molar-refractivity contribution in [2.75, 3.05) is 24.6 Å². The van der Waals surface area contributed by atoms with E-state index in [1.807, 2.05) is 31.2 Å². The normalized spacial score (nSPS) is 20.4. The molecule has 1 atom stereocenters. The average Bonchev–Trinajstić information content (AvgIpc) is 3.38. The molecule has 1 amide bonds. The van der Waals surface area contributed by atoms with Gasteiger partial charge in [-0.2, -0.15) is 4.31 Å². The van der Waals surface area contributed by atoms with Gasteiger partial charge >= 0.3 is 0 Å². The van der Waals surface area contributed by atoms with Crippen LogP contribution in [0.5, 0.6) is 5.75 Å². The minimum absolute atomic E-state index is 0.0933. The lowest BCUT2D eigenvalue weighted by atomic mass is 10.1. The number of nitrogens with zero attached hydrogens (tertiary/aromatic N) is 2. The lowest BCUT2D eigenvalue weighted by molar-refractivity contribution is -0.117. The minimum Gasteiger partial charge on any atom is -0.494 e. The van der Waals surface area contributed by atoms with E-state index in [1.165, 1.54) is 0 Å². The van der Waals surface area contributed by atoms with E-state index in [1.54, 1.807) is 33.5 Å². The largest absolute Gasteiger partial charge is 0.494 e. The van der Waals surface area contributed by atoms with Gasteiger partial charge in [-0.3, -0.25) is 4.79 Å². The van der Waals surface area contributed by atoms with Gasteiger partial charge in [0.25, 0.3) is 0 Å². The summed E-state index contributed by atoms with van der Waals surface area (Å²) < 4.78 is 33.7. The van der Waals surface area contributed by atoms with Crippen molar-refractivity contribution in [3.8, 4) is 5.75 Å². The number of carbonyl (C=O) groups excluding carboxylic acids is 1. The molecule has 2 aliphatic heterocycles. The summed E-state index contributed by atoms with van der Waals surface area (Å²) in [7, 11) is -3.61. The Kier molecular flexibility index (Phi) is 5.61. The second-order valence-electron chi connectivity index (χ2n) is 7.42. The van der Waals surface area contributed by atoms with Gasteiger partial charge in [-0.15, -0.1) is 0 Å². The van der Waals surface area contributed by atoms with E-state index >= 15 is 0 Å². The molecule has 0 spiro atoms. The van der Waals surface area contributed by atoms with Crippen LogP contribution in [-0.4, -0.2) is 38.3 Å². The first-order valence-electron chi connectivity index (χ1n) is 10.2. The summed E-state index contributed by atoms with van der Waals surface area (Å²) >= 11 is 0. The number of hydrogen-bond donors (Lipinski definition) is 0. The van der Waals surface area contributed by atoms with Gasteiger partial charge in [-0.25, -0.2) is 8.42 Å². The highest BCUT2D eigenvalue weighted by atomic mass is 32.2. The van der Waals surface area contributed by atoms with Crippen molar-refractivity contribution in [1.82, 2.24) is 4.31 Å². The number of rotatable bonds is 6. The van der Waals surface area contributed by atoms with Crippen LogP contribution >= 0.6 is 0 Å². The van der Waals surface area contributed by atoms with Crippen molar-refractivity contribution in [1.29, 1.82) is 0 Å². The predicted octanol–water partition coefficient (Wildman–Crippen LogP) is 3.74. The number of carbonyl (C=O) groups is 1. The lowest BCUT2D eigenvalue weighted by Gasteiger charge is -2.25. The molecule has 2 aromatic rings. The average molecular weight is 415 g/mol. The quantitative estimate of drug-likeness (QED) is 0.722. The molecule has 2 heterocycles. The smallest absolute Gasteiger partial charge is 0.243 e. The first-order valence-corrected chi connectivity index (χ1v) is 11.6. The number of sulfonamides is 1. The molecule has 0 saturated carbocycles. The molecular weight excluding hydrogens is 388 g/mol. The Bertz CT molecular complexity index is 971. The van der Waals surface area contributed by atoms with Gasteiger partial charge in [0.2, 0.25) is 15.9 Å². The number of ether oxygens (including phenoxy) is 1. The van der Waals surface area contributed by atoms with Crippen LogP contribution in [0.15, 0.2) is 53.4 Å². The van der Waals surface area contributed by atoms with E-state index in [0.29, 0.717) is 26.1 Å². The van der Waals surface area contributed by atoms with Gasteiger partial charge in [0, 0.05) is 25.2 Å². The first-order chi connectivity index (χ1) is 14.0. The fraction of sp³-hybridized carbons (Fsp3) is 0.409. The third-order valence-corrected chi connectivity index (χ3v) is 7.53. The fourth-order valence-corrected chi connectivity index (χ4v) is 5.85. The predicted molar refractivity (Wildman–Crippen MR) is 112 cm³/mol. The molecule has 0 bridgehead atoms. The maximum absolute atomic E-state index is 13.3. The standard InChI is InChI=1S/C22H26N2O4S/c1-2-28-19-11-7-17(8-12-19)21-5-3-16-24(21)29(26,27)20-13-9-18(10-14-20)23-15-4-6-22(23)25/h7-14,21H,2-6,15-16H2,1H3/t21-/m0/s1. The van der Waals surface area contributed by atoms with Crippen LogP contribution in [0.3, 0.4) is 0 Å². The highest BCUT2D eigenvalue weighted by molar-refractivity contribution is 7.89. The van der Waals surface area contributed by atoms with Crippen molar-refractivity contribution in [2.24, 2.45) is 0 Å². The summed E-state index contributed by atoms with van der Waals surface area (Å²) in [5.41, 5.74) is 1.74. The second kappa shape index (κ2) is 8.16. The Morgan fingerprint density at radius 2 is 1.72 bits per heavy atom. The van der Waals surface area contributed by atoms with Crippen molar-refractivity contribution in [3.05, 3.63) is 54.1 Å². The van der Waals surface area contributed by atoms with Crippen molar-refractivity contribution < 1.29 is 17.9 Å². The van der Waals surface area contributed by atoms with E-state index in [-0.39, 0.29) is 16.8 Å².